The topological polar surface area (TPSA) is 31.9 Å². The van der Waals surface area contributed by atoms with Crippen molar-refractivity contribution in [1.82, 2.24) is 14.9 Å². The minimum Gasteiger partial charge on any atom is -0.341 e. The van der Waals surface area contributed by atoms with Crippen LogP contribution in [0.15, 0.2) is 22.7 Å². The molecule has 1 aromatic carbocycles. The van der Waals surface area contributed by atoms with E-state index in [-0.39, 0.29) is 0 Å². The summed E-state index contributed by atoms with van der Waals surface area (Å²) in [7, 11) is 0. The normalized spacial score (nSPS) is 21.6. The summed E-state index contributed by atoms with van der Waals surface area (Å²) in [4.78, 5) is 10.6. The average Bonchev–Trinajstić information content (AvgIpc) is 2.73. The summed E-state index contributed by atoms with van der Waals surface area (Å²) < 4.78 is 1.09. The molecule has 0 aliphatic carbocycles. The zero-order chi connectivity index (χ0) is 12.5. The molecule has 0 bridgehead atoms. The molecule has 1 aromatic heterocycles. The van der Waals surface area contributed by atoms with Gasteiger partial charge in [0.1, 0.15) is 5.82 Å². The first-order chi connectivity index (χ1) is 8.72. The standard InChI is InChI=1S/C14H18BrN3/c1-10-4-2-3-7-18(10)9-14-16-12-6-5-11(15)8-13(12)17-14/h5-6,8,10H,2-4,7,9H2,1H3,(H,16,17). The molecule has 3 rings (SSSR count). The molecule has 1 saturated heterocycles. The minimum atomic E-state index is 0.679. The Morgan fingerprint density at radius 2 is 2.33 bits per heavy atom. The molecule has 1 unspecified atom stereocenters. The van der Waals surface area contributed by atoms with Crippen molar-refractivity contribution in [1.29, 1.82) is 0 Å². The average molecular weight is 308 g/mol. The number of nitrogens with zero attached hydrogens (tertiary/aromatic N) is 2. The predicted octanol–water partition coefficient (Wildman–Crippen LogP) is 3.70. The van der Waals surface area contributed by atoms with Crippen LogP contribution in [-0.2, 0) is 6.54 Å². The highest BCUT2D eigenvalue weighted by Gasteiger charge is 2.19. The molecule has 18 heavy (non-hydrogen) atoms. The lowest BCUT2D eigenvalue weighted by Crippen LogP contribution is -2.37. The summed E-state index contributed by atoms with van der Waals surface area (Å²) in [5, 5.41) is 0. The summed E-state index contributed by atoms with van der Waals surface area (Å²) in [6.45, 7) is 4.45. The Morgan fingerprint density at radius 3 is 3.17 bits per heavy atom. The quantitative estimate of drug-likeness (QED) is 0.917. The van der Waals surface area contributed by atoms with Gasteiger partial charge >= 0.3 is 0 Å². The third-order valence-corrected chi connectivity index (χ3v) is 4.28. The summed E-state index contributed by atoms with van der Waals surface area (Å²) >= 11 is 3.49. The van der Waals surface area contributed by atoms with E-state index in [2.05, 4.69) is 49.9 Å². The molecule has 1 atom stereocenters. The van der Waals surface area contributed by atoms with Crippen LogP contribution in [-0.4, -0.2) is 27.5 Å². The van der Waals surface area contributed by atoms with E-state index in [0.29, 0.717) is 6.04 Å². The molecule has 1 fully saturated rings. The second kappa shape index (κ2) is 5.02. The Bertz CT molecular complexity index is 549. The first kappa shape index (κ1) is 12.2. The number of imidazole rings is 1. The Hall–Kier alpha value is -0.870. The molecule has 96 valence electrons. The number of aromatic nitrogens is 2. The summed E-state index contributed by atoms with van der Waals surface area (Å²) in [5.74, 6) is 1.08. The predicted molar refractivity (Wildman–Crippen MR) is 77.5 cm³/mol. The summed E-state index contributed by atoms with van der Waals surface area (Å²) in [6, 6.07) is 6.86. The number of nitrogens with one attached hydrogen (secondary N) is 1. The van der Waals surface area contributed by atoms with Crippen molar-refractivity contribution in [3.05, 3.63) is 28.5 Å². The van der Waals surface area contributed by atoms with Crippen LogP contribution in [0.1, 0.15) is 32.0 Å². The monoisotopic (exact) mass is 307 g/mol. The Balaban J connectivity index is 1.81. The number of hydrogen-bond donors (Lipinski definition) is 1. The van der Waals surface area contributed by atoms with E-state index in [0.717, 1.165) is 27.9 Å². The maximum Gasteiger partial charge on any atom is 0.121 e. The fraction of sp³-hybridized carbons (Fsp3) is 0.500. The van der Waals surface area contributed by atoms with Crippen LogP contribution in [0.5, 0.6) is 0 Å². The molecule has 3 nitrogen and oxygen atoms in total. The number of aromatic amines is 1. The van der Waals surface area contributed by atoms with Crippen LogP contribution in [0.2, 0.25) is 0 Å². The van der Waals surface area contributed by atoms with Crippen LogP contribution < -0.4 is 0 Å². The van der Waals surface area contributed by atoms with Gasteiger partial charge in [0.25, 0.3) is 0 Å². The molecule has 0 spiro atoms. The highest BCUT2D eigenvalue weighted by molar-refractivity contribution is 9.10. The van der Waals surface area contributed by atoms with Gasteiger partial charge < -0.3 is 4.98 Å². The number of benzene rings is 1. The van der Waals surface area contributed by atoms with Crippen molar-refractivity contribution in [2.24, 2.45) is 0 Å². The maximum absolute atomic E-state index is 4.66. The molecule has 0 radical (unpaired) electrons. The lowest BCUT2D eigenvalue weighted by atomic mass is 10.0. The van der Waals surface area contributed by atoms with E-state index >= 15 is 0 Å². The van der Waals surface area contributed by atoms with E-state index in [4.69, 9.17) is 0 Å². The molecule has 1 aliphatic rings. The van der Waals surface area contributed by atoms with Gasteiger partial charge in [0.2, 0.25) is 0 Å². The third-order valence-electron chi connectivity index (χ3n) is 3.79. The van der Waals surface area contributed by atoms with Gasteiger partial charge in [0, 0.05) is 10.5 Å². The van der Waals surface area contributed by atoms with Gasteiger partial charge in [-0.15, -0.1) is 0 Å². The Kier molecular flexibility index (Phi) is 3.39. The molecular weight excluding hydrogens is 290 g/mol. The first-order valence-corrected chi connectivity index (χ1v) is 7.40. The zero-order valence-corrected chi connectivity index (χ0v) is 12.2. The van der Waals surface area contributed by atoms with Crippen molar-refractivity contribution in [3.8, 4) is 0 Å². The molecule has 2 aromatic rings. The van der Waals surface area contributed by atoms with E-state index in [1.807, 2.05) is 6.07 Å². The molecule has 2 heterocycles. The summed E-state index contributed by atoms with van der Waals surface area (Å²) in [5.41, 5.74) is 2.17. The Labute approximate surface area is 116 Å². The highest BCUT2D eigenvalue weighted by Crippen LogP contribution is 2.21. The highest BCUT2D eigenvalue weighted by atomic mass is 79.9. The molecule has 1 aliphatic heterocycles. The number of halogens is 1. The SMILES string of the molecule is CC1CCCCN1Cc1nc2ccc(Br)cc2[nH]1. The van der Waals surface area contributed by atoms with Crippen molar-refractivity contribution >= 4 is 27.0 Å². The lowest BCUT2D eigenvalue weighted by Gasteiger charge is -2.32. The number of H-pyrrole nitrogens is 1. The fourth-order valence-corrected chi connectivity index (χ4v) is 3.06. The largest absolute Gasteiger partial charge is 0.341 e. The van der Waals surface area contributed by atoms with E-state index in [9.17, 15) is 0 Å². The lowest BCUT2D eigenvalue weighted by molar-refractivity contribution is 0.149. The molecule has 4 heteroatoms. The van der Waals surface area contributed by atoms with Gasteiger partial charge in [0.05, 0.1) is 17.6 Å². The number of piperidine rings is 1. The van der Waals surface area contributed by atoms with Gasteiger partial charge in [-0.2, -0.15) is 0 Å². The van der Waals surface area contributed by atoms with Gasteiger partial charge in [0.15, 0.2) is 0 Å². The third kappa shape index (κ3) is 2.45. The van der Waals surface area contributed by atoms with E-state index < -0.39 is 0 Å². The van der Waals surface area contributed by atoms with Crippen LogP contribution in [0, 0.1) is 0 Å². The van der Waals surface area contributed by atoms with Crippen molar-refractivity contribution in [2.75, 3.05) is 6.54 Å². The van der Waals surface area contributed by atoms with Crippen molar-refractivity contribution in [2.45, 2.75) is 38.8 Å². The van der Waals surface area contributed by atoms with E-state index in [1.54, 1.807) is 0 Å². The second-order valence-corrected chi connectivity index (χ2v) is 6.08. The van der Waals surface area contributed by atoms with Crippen molar-refractivity contribution in [3.63, 3.8) is 0 Å². The molecule has 0 saturated carbocycles. The summed E-state index contributed by atoms with van der Waals surface area (Å²) in [6.07, 6.45) is 3.99. The smallest absolute Gasteiger partial charge is 0.121 e. The minimum absolute atomic E-state index is 0.679. The fourth-order valence-electron chi connectivity index (χ4n) is 2.69. The van der Waals surface area contributed by atoms with Crippen LogP contribution in [0.25, 0.3) is 11.0 Å². The number of likely N-dealkylation sites (tertiary alicyclic amines) is 1. The van der Waals surface area contributed by atoms with E-state index in [1.165, 1.54) is 25.8 Å². The Morgan fingerprint density at radius 1 is 1.44 bits per heavy atom. The first-order valence-electron chi connectivity index (χ1n) is 6.60. The van der Waals surface area contributed by atoms with Gasteiger partial charge in [-0.25, -0.2) is 4.98 Å². The van der Waals surface area contributed by atoms with Crippen LogP contribution in [0.3, 0.4) is 0 Å². The van der Waals surface area contributed by atoms with Crippen LogP contribution >= 0.6 is 15.9 Å². The number of rotatable bonds is 2. The molecule has 1 N–H and O–H groups in total. The van der Waals surface area contributed by atoms with Gasteiger partial charge in [-0.05, 0) is 44.5 Å². The van der Waals surface area contributed by atoms with Crippen molar-refractivity contribution < 1.29 is 0 Å². The van der Waals surface area contributed by atoms with Gasteiger partial charge in [-0.1, -0.05) is 22.4 Å². The van der Waals surface area contributed by atoms with Gasteiger partial charge in [-0.3, -0.25) is 4.90 Å². The van der Waals surface area contributed by atoms with Crippen LogP contribution in [0.4, 0.5) is 0 Å². The second-order valence-electron chi connectivity index (χ2n) is 5.16. The maximum atomic E-state index is 4.66. The number of hydrogen-bond acceptors (Lipinski definition) is 2. The zero-order valence-electron chi connectivity index (χ0n) is 10.6. The number of fused-ring (bicyclic) bond motifs is 1. The molecule has 0 amide bonds. The molecular formula is C14H18BrN3.